The highest BCUT2D eigenvalue weighted by Crippen LogP contribution is 2.27. The van der Waals surface area contributed by atoms with Crippen LogP contribution in [0.15, 0.2) is 41.6 Å². The Kier molecular flexibility index (Phi) is 4.59. The summed E-state index contributed by atoms with van der Waals surface area (Å²) in [5, 5.41) is 11.8. The van der Waals surface area contributed by atoms with Gasteiger partial charge in [0.1, 0.15) is 12.4 Å². The molecule has 0 fully saturated rings. The van der Waals surface area contributed by atoms with E-state index in [0.29, 0.717) is 0 Å². The van der Waals surface area contributed by atoms with Gasteiger partial charge in [-0.05, 0) is 18.2 Å². The summed E-state index contributed by atoms with van der Waals surface area (Å²) in [6.45, 7) is -0.227. The monoisotopic (exact) mass is 312 g/mol. The molecule has 2 aromatic carbocycles. The molecule has 21 heavy (non-hydrogen) atoms. The maximum Gasteiger partial charge on any atom is 0.175 e. The van der Waals surface area contributed by atoms with Crippen molar-refractivity contribution in [1.82, 2.24) is 0 Å². The van der Waals surface area contributed by atoms with Crippen LogP contribution in [0.2, 0.25) is 5.02 Å². The maximum absolute atomic E-state index is 13.5. The Balaban J connectivity index is 2.29. The van der Waals surface area contributed by atoms with E-state index < -0.39 is 11.6 Å². The number of nitrogens with two attached hydrogens (primary N) is 1. The fraction of sp³-hybridized carbons (Fsp3) is 0.0714. The van der Waals surface area contributed by atoms with Gasteiger partial charge in [-0.1, -0.05) is 35.0 Å². The van der Waals surface area contributed by atoms with Crippen molar-refractivity contribution in [2.75, 3.05) is 0 Å². The van der Waals surface area contributed by atoms with Crippen LogP contribution in [0.3, 0.4) is 0 Å². The van der Waals surface area contributed by atoms with Crippen LogP contribution in [0.1, 0.15) is 11.1 Å². The van der Waals surface area contributed by atoms with E-state index >= 15 is 0 Å². The van der Waals surface area contributed by atoms with Crippen molar-refractivity contribution in [3.8, 4) is 5.75 Å². The van der Waals surface area contributed by atoms with Gasteiger partial charge in [-0.2, -0.15) is 0 Å². The molecule has 4 nitrogen and oxygen atoms in total. The molecular weight excluding hydrogens is 302 g/mol. The molecule has 7 heteroatoms. The number of halogens is 3. The quantitative estimate of drug-likeness (QED) is 0.394. The summed E-state index contributed by atoms with van der Waals surface area (Å²) in [6.07, 6.45) is 0. The first-order chi connectivity index (χ1) is 10.0. The third kappa shape index (κ3) is 3.22. The van der Waals surface area contributed by atoms with Gasteiger partial charge in [0.15, 0.2) is 17.5 Å². The van der Waals surface area contributed by atoms with Crippen molar-refractivity contribution in [2.24, 2.45) is 10.9 Å². The van der Waals surface area contributed by atoms with Gasteiger partial charge in [0.2, 0.25) is 0 Å². The highest BCUT2D eigenvalue weighted by molar-refractivity contribution is 6.34. The van der Waals surface area contributed by atoms with Gasteiger partial charge in [-0.25, -0.2) is 8.78 Å². The minimum atomic E-state index is -0.982. The predicted octanol–water partition coefficient (Wildman–Crippen LogP) is 3.29. The molecule has 0 radical (unpaired) electrons. The van der Waals surface area contributed by atoms with E-state index in [1.54, 1.807) is 6.07 Å². The molecule has 0 atom stereocenters. The molecule has 0 aromatic heterocycles. The average Bonchev–Trinajstić information content (AvgIpc) is 2.48. The molecule has 0 saturated heterocycles. The van der Waals surface area contributed by atoms with E-state index in [4.69, 9.17) is 27.3 Å². The van der Waals surface area contributed by atoms with Crippen LogP contribution >= 0.6 is 11.6 Å². The Bertz CT molecular complexity index is 693. The topological polar surface area (TPSA) is 67.8 Å². The molecule has 0 heterocycles. The summed E-state index contributed by atoms with van der Waals surface area (Å²) in [5.41, 5.74) is 5.74. The summed E-state index contributed by atoms with van der Waals surface area (Å²) in [4.78, 5) is 0. The predicted molar refractivity (Wildman–Crippen MR) is 74.7 cm³/mol. The molecule has 3 N–H and O–H groups in total. The zero-order chi connectivity index (χ0) is 15.4. The van der Waals surface area contributed by atoms with Crippen molar-refractivity contribution in [3.63, 3.8) is 0 Å². The van der Waals surface area contributed by atoms with Crippen LogP contribution in [-0.4, -0.2) is 11.0 Å². The molecule has 0 amide bonds. The van der Waals surface area contributed by atoms with Gasteiger partial charge in [0.25, 0.3) is 0 Å². The Morgan fingerprint density at radius 1 is 1.24 bits per heavy atom. The van der Waals surface area contributed by atoms with Crippen molar-refractivity contribution in [2.45, 2.75) is 6.61 Å². The lowest BCUT2D eigenvalue weighted by molar-refractivity contribution is 0.295. The van der Waals surface area contributed by atoms with Crippen molar-refractivity contribution in [3.05, 3.63) is 64.2 Å². The molecule has 0 unspecified atom stereocenters. The normalized spacial score (nSPS) is 11.5. The first kappa shape index (κ1) is 15.1. The standard InChI is InChI=1S/C14H11ClF2N2O2/c15-9-4-2-6-11(12(9)14(18)19-20)21-7-8-3-1-5-10(16)13(8)17/h1-6,20H,7H2,(H2,18,19). The minimum Gasteiger partial charge on any atom is -0.488 e. The van der Waals surface area contributed by atoms with Gasteiger partial charge in [-0.3, -0.25) is 0 Å². The number of amidine groups is 1. The Morgan fingerprint density at radius 3 is 2.67 bits per heavy atom. The van der Waals surface area contributed by atoms with E-state index in [2.05, 4.69) is 5.16 Å². The zero-order valence-electron chi connectivity index (χ0n) is 10.7. The summed E-state index contributed by atoms with van der Waals surface area (Å²) in [7, 11) is 0. The van der Waals surface area contributed by atoms with E-state index in [-0.39, 0.29) is 34.3 Å². The molecule has 0 aliphatic carbocycles. The average molecular weight is 313 g/mol. The van der Waals surface area contributed by atoms with Gasteiger partial charge in [0, 0.05) is 5.56 Å². The molecule has 0 aliphatic rings. The summed E-state index contributed by atoms with van der Waals surface area (Å²) in [5.74, 6) is -1.99. The van der Waals surface area contributed by atoms with Gasteiger partial charge in [-0.15, -0.1) is 0 Å². The van der Waals surface area contributed by atoms with Crippen LogP contribution in [0.25, 0.3) is 0 Å². The number of hydrogen-bond donors (Lipinski definition) is 2. The lowest BCUT2D eigenvalue weighted by Crippen LogP contribution is -2.15. The zero-order valence-corrected chi connectivity index (χ0v) is 11.4. The Labute approximate surface area is 124 Å². The van der Waals surface area contributed by atoms with Gasteiger partial charge < -0.3 is 15.7 Å². The van der Waals surface area contributed by atoms with Crippen molar-refractivity contribution in [1.29, 1.82) is 0 Å². The number of benzene rings is 2. The third-order valence-corrected chi connectivity index (χ3v) is 3.07. The van der Waals surface area contributed by atoms with Gasteiger partial charge >= 0.3 is 0 Å². The number of ether oxygens (including phenoxy) is 1. The van der Waals surface area contributed by atoms with Crippen LogP contribution in [0.4, 0.5) is 8.78 Å². The number of rotatable bonds is 4. The summed E-state index contributed by atoms with van der Waals surface area (Å²) >= 11 is 5.96. The van der Waals surface area contributed by atoms with E-state index in [9.17, 15) is 8.78 Å². The smallest absolute Gasteiger partial charge is 0.175 e. The molecule has 0 spiro atoms. The molecule has 2 aromatic rings. The molecule has 110 valence electrons. The third-order valence-electron chi connectivity index (χ3n) is 2.75. The largest absolute Gasteiger partial charge is 0.488 e. The molecule has 0 aliphatic heterocycles. The highest BCUT2D eigenvalue weighted by Gasteiger charge is 2.14. The first-order valence-electron chi connectivity index (χ1n) is 5.86. The summed E-state index contributed by atoms with van der Waals surface area (Å²) in [6, 6.07) is 8.43. The molecule has 2 rings (SSSR count). The lowest BCUT2D eigenvalue weighted by Gasteiger charge is -2.12. The van der Waals surface area contributed by atoms with Crippen LogP contribution < -0.4 is 10.5 Å². The molecule has 0 bridgehead atoms. The van der Waals surface area contributed by atoms with E-state index in [1.807, 2.05) is 0 Å². The first-order valence-corrected chi connectivity index (χ1v) is 6.24. The Hall–Kier alpha value is -2.34. The van der Waals surface area contributed by atoms with Crippen LogP contribution in [0.5, 0.6) is 5.75 Å². The van der Waals surface area contributed by atoms with E-state index in [0.717, 1.165) is 6.07 Å². The fourth-order valence-corrected chi connectivity index (χ4v) is 2.00. The number of oxime groups is 1. The van der Waals surface area contributed by atoms with Crippen LogP contribution in [0, 0.1) is 11.6 Å². The number of hydrogen-bond acceptors (Lipinski definition) is 3. The second kappa shape index (κ2) is 6.41. The minimum absolute atomic E-state index is 0.0421. The van der Waals surface area contributed by atoms with E-state index in [1.165, 1.54) is 24.3 Å². The molecular formula is C14H11ClF2N2O2. The summed E-state index contributed by atoms with van der Waals surface area (Å²) < 4.78 is 32.0. The van der Waals surface area contributed by atoms with Gasteiger partial charge in [0.05, 0.1) is 10.6 Å². The maximum atomic E-state index is 13.5. The lowest BCUT2D eigenvalue weighted by atomic mass is 10.1. The fourth-order valence-electron chi connectivity index (χ4n) is 1.74. The highest BCUT2D eigenvalue weighted by atomic mass is 35.5. The molecule has 0 saturated carbocycles. The van der Waals surface area contributed by atoms with Crippen LogP contribution in [-0.2, 0) is 6.61 Å². The number of nitrogens with zero attached hydrogens (tertiary/aromatic N) is 1. The SMILES string of the molecule is N/C(=N/O)c1c(Cl)cccc1OCc1cccc(F)c1F. The van der Waals surface area contributed by atoms with Crippen molar-refractivity contribution < 1.29 is 18.7 Å². The second-order valence-corrected chi connectivity index (χ2v) is 4.51. The van der Waals surface area contributed by atoms with Crippen molar-refractivity contribution >= 4 is 17.4 Å². The Morgan fingerprint density at radius 2 is 1.95 bits per heavy atom. The second-order valence-electron chi connectivity index (χ2n) is 4.10.